The van der Waals surface area contributed by atoms with E-state index in [0.717, 1.165) is 19.3 Å². The van der Waals surface area contributed by atoms with Crippen LogP contribution >= 0.6 is 12.4 Å². The predicted octanol–water partition coefficient (Wildman–Crippen LogP) is 2.63. The largest absolute Gasteiger partial charge is 0.492 e. The molecule has 0 radical (unpaired) electrons. The van der Waals surface area contributed by atoms with Crippen molar-refractivity contribution >= 4 is 30.0 Å². The quantitative estimate of drug-likeness (QED) is 0.807. The number of aliphatic carboxylic acids is 1. The lowest BCUT2D eigenvalue weighted by atomic mass is 9.81. The fraction of sp³-hybridized carbons (Fsp3) is 0.556. The number of likely N-dealkylation sites (tertiary alicyclic amines) is 1. The van der Waals surface area contributed by atoms with Crippen LogP contribution in [-0.4, -0.2) is 48.1 Å². The topological polar surface area (TPSA) is 78.9 Å². The molecule has 0 unspecified atom stereocenters. The molecular weight excluding hydrogens is 344 g/mol. The average molecular weight is 369 g/mol. The van der Waals surface area contributed by atoms with Crippen molar-refractivity contribution in [3.05, 3.63) is 24.3 Å². The molecule has 1 aliphatic heterocycles. The van der Waals surface area contributed by atoms with E-state index in [0.29, 0.717) is 31.1 Å². The second kappa shape index (κ2) is 8.06. The molecule has 7 heteroatoms. The third-order valence-corrected chi connectivity index (χ3v) is 5.20. The Hall–Kier alpha value is -1.79. The van der Waals surface area contributed by atoms with Crippen molar-refractivity contribution in [3.8, 4) is 5.75 Å². The van der Waals surface area contributed by atoms with Gasteiger partial charge in [-0.15, -0.1) is 12.4 Å². The molecule has 0 bridgehead atoms. The van der Waals surface area contributed by atoms with E-state index in [1.807, 2.05) is 30.0 Å². The van der Waals surface area contributed by atoms with Gasteiger partial charge in [0.05, 0.1) is 24.3 Å². The molecule has 0 aromatic heterocycles. The number of para-hydroxylation sites is 2. The Morgan fingerprint density at radius 1 is 1.40 bits per heavy atom. The SMILES string of the molecule is CCOc1ccccc1NC(=O)CN1C[C@@H]2CCC[C@@]2(C(=O)O)C1.Cl. The smallest absolute Gasteiger partial charge is 0.311 e. The molecule has 1 aromatic rings. The summed E-state index contributed by atoms with van der Waals surface area (Å²) >= 11 is 0. The number of amides is 1. The van der Waals surface area contributed by atoms with Crippen molar-refractivity contribution in [1.29, 1.82) is 0 Å². The molecule has 6 nitrogen and oxygen atoms in total. The third-order valence-electron chi connectivity index (χ3n) is 5.20. The van der Waals surface area contributed by atoms with Gasteiger partial charge in [0.15, 0.2) is 0 Å². The maximum Gasteiger partial charge on any atom is 0.311 e. The number of carboxylic acid groups (broad SMARTS) is 1. The zero-order valence-electron chi connectivity index (χ0n) is 14.4. The Labute approximate surface area is 153 Å². The number of carbonyl (C=O) groups is 2. The lowest BCUT2D eigenvalue weighted by molar-refractivity contribution is -0.149. The van der Waals surface area contributed by atoms with E-state index in [1.165, 1.54) is 0 Å². The van der Waals surface area contributed by atoms with E-state index in [-0.39, 0.29) is 30.8 Å². The number of carboxylic acids is 1. The zero-order valence-corrected chi connectivity index (χ0v) is 15.2. The molecule has 1 heterocycles. The van der Waals surface area contributed by atoms with Gasteiger partial charge < -0.3 is 15.2 Å². The summed E-state index contributed by atoms with van der Waals surface area (Å²) in [6.07, 6.45) is 2.63. The Balaban J connectivity index is 0.00000225. The second-order valence-electron chi connectivity index (χ2n) is 6.70. The third kappa shape index (κ3) is 3.90. The van der Waals surface area contributed by atoms with Crippen LogP contribution < -0.4 is 10.1 Å². The zero-order chi connectivity index (χ0) is 17.2. The molecule has 3 rings (SSSR count). The van der Waals surface area contributed by atoms with Crippen LogP contribution in [0.5, 0.6) is 5.75 Å². The monoisotopic (exact) mass is 368 g/mol. The number of hydrogen-bond acceptors (Lipinski definition) is 4. The van der Waals surface area contributed by atoms with Crippen molar-refractivity contribution in [2.75, 3.05) is 31.6 Å². The first-order valence-corrected chi connectivity index (χ1v) is 8.52. The molecule has 2 atom stereocenters. The highest BCUT2D eigenvalue weighted by molar-refractivity contribution is 5.93. The Kier molecular flexibility index (Phi) is 6.30. The van der Waals surface area contributed by atoms with Gasteiger partial charge in [-0.2, -0.15) is 0 Å². The minimum atomic E-state index is -0.713. The summed E-state index contributed by atoms with van der Waals surface area (Å²) in [6, 6.07) is 7.33. The number of carbonyl (C=O) groups excluding carboxylic acids is 1. The molecule has 1 saturated heterocycles. The van der Waals surface area contributed by atoms with E-state index < -0.39 is 11.4 Å². The van der Waals surface area contributed by atoms with E-state index in [4.69, 9.17) is 4.74 Å². The van der Waals surface area contributed by atoms with Crippen LogP contribution in [0.4, 0.5) is 5.69 Å². The van der Waals surface area contributed by atoms with Crippen molar-refractivity contribution in [2.24, 2.45) is 11.3 Å². The summed E-state index contributed by atoms with van der Waals surface area (Å²) in [5.41, 5.74) is 0.000415. The van der Waals surface area contributed by atoms with Crippen LogP contribution in [0.15, 0.2) is 24.3 Å². The minimum Gasteiger partial charge on any atom is -0.492 e. The number of nitrogens with zero attached hydrogens (tertiary/aromatic N) is 1. The highest BCUT2D eigenvalue weighted by atomic mass is 35.5. The molecule has 138 valence electrons. The van der Waals surface area contributed by atoms with Crippen molar-refractivity contribution in [2.45, 2.75) is 26.2 Å². The maximum atomic E-state index is 12.4. The van der Waals surface area contributed by atoms with Crippen LogP contribution in [-0.2, 0) is 9.59 Å². The molecule has 25 heavy (non-hydrogen) atoms. The van der Waals surface area contributed by atoms with E-state index >= 15 is 0 Å². The van der Waals surface area contributed by atoms with Crippen LogP contribution in [0.3, 0.4) is 0 Å². The van der Waals surface area contributed by atoms with Gasteiger partial charge in [0.2, 0.25) is 5.91 Å². The number of hydrogen-bond donors (Lipinski definition) is 2. The summed E-state index contributed by atoms with van der Waals surface area (Å²) in [7, 11) is 0. The number of ether oxygens (including phenoxy) is 1. The van der Waals surface area contributed by atoms with Gasteiger partial charge in [-0.05, 0) is 37.8 Å². The van der Waals surface area contributed by atoms with Gasteiger partial charge in [-0.3, -0.25) is 14.5 Å². The lowest BCUT2D eigenvalue weighted by Gasteiger charge is -2.23. The predicted molar refractivity (Wildman–Crippen MR) is 97.3 cm³/mol. The molecule has 2 N–H and O–H groups in total. The molecule has 1 amide bonds. The van der Waals surface area contributed by atoms with Crippen LogP contribution in [0.1, 0.15) is 26.2 Å². The van der Waals surface area contributed by atoms with E-state index in [9.17, 15) is 14.7 Å². The van der Waals surface area contributed by atoms with Crippen LogP contribution in [0.25, 0.3) is 0 Å². The Bertz CT molecular complexity index is 639. The van der Waals surface area contributed by atoms with Gasteiger partial charge in [-0.25, -0.2) is 0 Å². The van der Waals surface area contributed by atoms with Gasteiger partial charge in [-0.1, -0.05) is 18.6 Å². The molecule has 0 spiro atoms. The van der Waals surface area contributed by atoms with Crippen molar-refractivity contribution in [1.82, 2.24) is 4.90 Å². The summed E-state index contributed by atoms with van der Waals surface area (Å²) in [5.74, 6) is -0.0376. The fourth-order valence-corrected chi connectivity index (χ4v) is 4.11. The average Bonchev–Trinajstić information content (AvgIpc) is 3.07. The summed E-state index contributed by atoms with van der Waals surface area (Å²) in [5, 5.41) is 12.5. The summed E-state index contributed by atoms with van der Waals surface area (Å²) < 4.78 is 5.51. The number of halogens is 1. The first kappa shape index (κ1) is 19.5. The van der Waals surface area contributed by atoms with Gasteiger partial charge in [0.1, 0.15) is 5.75 Å². The second-order valence-corrected chi connectivity index (χ2v) is 6.70. The molecule has 2 aliphatic rings. The first-order valence-electron chi connectivity index (χ1n) is 8.52. The van der Waals surface area contributed by atoms with Crippen molar-refractivity contribution < 1.29 is 19.4 Å². The number of nitrogens with one attached hydrogen (secondary N) is 1. The Morgan fingerprint density at radius 3 is 2.84 bits per heavy atom. The summed E-state index contributed by atoms with van der Waals surface area (Å²) in [4.78, 5) is 26.0. The molecule has 1 aromatic carbocycles. The minimum absolute atomic E-state index is 0. The lowest BCUT2D eigenvalue weighted by Crippen LogP contribution is -2.37. The van der Waals surface area contributed by atoms with Gasteiger partial charge in [0.25, 0.3) is 0 Å². The molecule has 1 saturated carbocycles. The molecule has 2 fully saturated rings. The summed E-state index contributed by atoms with van der Waals surface area (Å²) in [6.45, 7) is 3.79. The number of benzene rings is 1. The number of anilines is 1. The van der Waals surface area contributed by atoms with Gasteiger partial charge >= 0.3 is 5.97 Å². The standard InChI is InChI=1S/C18H24N2O4.ClH/c1-2-24-15-8-4-3-7-14(15)19-16(21)11-20-10-13-6-5-9-18(13,12-20)17(22)23;/h3-4,7-8,13H,2,5-6,9-12H2,1H3,(H,19,21)(H,22,23);1H/t13-,18+;/m0./s1. The normalized spacial score (nSPS) is 25.1. The fourth-order valence-electron chi connectivity index (χ4n) is 4.11. The van der Waals surface area contributed by atoms with E-state index in [2.05, 4.69) is 5.32 Å². The first-order chi connectivity index (χ1) is 11.5. The molecule has 1 aliphatic carbocycles. The highest BCUT2D eigenvalue weighted by Crippen LogP contribution is 2.48. The van der Waals surface area contributed by atoms with E-state index in [1.54, 1.807) is 6.07 Å². The number of fused-ring (bicyclic) bond motifs is 1. The van der Waals surface area contributed by atoms with Crippen LogP contribution in [0, 0.1) is 11.3 Å². The molecular formula is C18H25ClN2O4. The van der Waals surface area contributed by atoms with Gasteiger partial charge in [0, 0.05) is 13.1 Å². The van der Waals surface area contributed by atoms with Crippen molar-refractivity contribution in [3.63, 3.8) is 0 Å². The highest BCUT2D eigenvalue weighted by Gasteiger charge is 2.54. The van der Waals surface area contributed by atoms with Crippen LogP contribution in [0.2, 0.25) is 0 Å². The maximum absolute atomic E-state index is 12.4. The number of rotatable bonds is 6. The Morgan fingerprint density at radius 2 is 2.16 bits per heavy atom.